The predicted molar refractivity (Wildman–Crippen MR) is 90.1 cm³/mol. The molecule has 3 rings (SSSR count). The highest BCUT2D eigenvalue weighted by Gasteiger charge is 2.26. The van der Waals surface area contributed by atoms with Crippen LogP contribution in [0.3, 0.4) is 0 Å². The molecule has 6 nitrogen and oxygen atoms in total. The van der Waals surface area contributed by atoms with Crippen molar-refractivity contribution in [3.63, 3.8) is 0 Å². The summed E-state index contributed by atoms with van der Waals surface area (Å²) in [6.45, 7) is -1.60. The van der Waals surface area contributed by atoms with Crippen LogP contribution < -0.4 is 20.7 Å². The summed E-state index contributed by atoms with van der Waals surface area (Å²) in [5.74, 6) is -0.402. The van der Waals surface area contributed by atoms with Gasteiger partial charge in [0.25, 0.3) is 5.91 Å². The van der Waals surface area contributed by atoms with Crippen molar-refractivity contribution in [3.05, 3.63) is 48.3 Å². The van der Waals surface area contributed by atoms with Gasteiger partial charge in [-0.3, -0.25) is 9.78 Å². The highest BCUT2D eigenvalue weighted by molar-refractivity contribution is 5.98. The summed E-state index contributed by atoms with van der Waals surface area (Å²) >= 11 is 0. The SMILES string of the molecule is NC(=O)c1cnccc1N[C@H]1CCN(c2ccccc2OC(F)F)C1. The van der Waals surface area contributed by atoms with Crippen molar-refractivity contribution in [1.82, 2.24) is 4.98 Å². The lowest BCUT2D eigenvalue weighted by Gasteiger charge is -2.22. The van der Waals surface area contributed by atoms with E-state index < -0.39 is 12.5 Å². The number of nitrogens with two attached hydrogens (primary N) is 1. The van der Waals surface area contributed by atoms with Crippen LogP contribution >= 0.6 is 0 Å². The molecule has 2 heterocycles. The molecular formula is C17H18F2N4O2. The van der Waals surface area contributed by atoms with Crippen molar-refractivity contribution < 1.29 is 18.3 Å². The fourth-order valence-corrected chi connectivity index (χ4v) is 2.95. The van der Waals surface area contributed by atoms with Crippen LogP contribution in [-0.4, -0.2) is 36.6 Å². The van der Waals surface area contributed by atoms with Crippen molar-refractivity contribution in [1.29, 1.82) is 0 Å². The molecule has 3 N–H and O–H groups in total. The molecule has 1 saturated heterocycles. The van der Waals surface area contributed by atoms with Crippen LogP contribution in [-0.2, 0) is 0 Å². The number of halogens is 2. The Balaban J connectivity index is 1.72. The smallest absolute Gasteiger partial charge is 0.387 e. The van der Waals surface area contributed by atoms with Gasteiger partial charge >= 0.3 is 6.61 Å². The second-order valence-corrected chi connectivity index (χ2v) is 5.71. The number of amides is 1. The minimum Gasteiger partial charge on any atom is -0.433 e. The van der Waals surface area contributed by atoms with Crippen molar-refractivity contribution in [2.45, 2.75) is 19.1 Å². The molecule has 1 fully saturated rings. The van der Waals surface area contributed by atoms with Gasteiger partial charge in [-0.1, -0.05) is 12.1 Å². The molecule has 25 heavy (non-hydrogen) atoms. The number of anilines is 2. The first kappa shape index (κ1) is 16.9. The van der Waals surface area contributed by atoms with Crippen LogP contribution in [0.5, 0.6) is 5.75 Å². The average Bonchev–Trinajstić information content (AvgIpc) is 3.03. The van der Waals surface area contributed by atoms with Gasteiger partial charge in [0.1, 0.15) is 5.75 Å². The van der Waals surface area contributed by atoms with Crippen LogP contribution in [0.25, 0.3) is 0 Å². The summed E-state index contributed by atoms with van der Waals surface area (Å²) in [7, 11) is 0. The Kier molecular flexibility index (Phi) is 4.97. The molecule has 0 saturated carbocycles. The van der Waals surface area contributed by atoms with E-state index in [0.29, 0.717) is 30.0 Å². The number of rotatable bonds is 6. The van der Waals surface area contributed by atoms with E-state index in [1.54, 1.807) is 30.5 Å². The molecule has 1 aliphatic heterocycles. The number of carbonyl (C=O) groups excluding carboxylic acids is 1. The Morgan fingerprint density at radius 2 is 2.16 bits per heavy atom. The van der Waals surface area contributed by atoms with E-state index in [1.165, 1.54) is 12.3 Å². The highest BCUT2D eigenvalue weighted by atomic mass is 19.3. The van der Waals surface area contributed by atoms with Gasteiger partial charge in [0.05, 0.1) is 16.9 Å². The average molecular weight is 348 g/mol. The van der Waals surface area contributed by atoms with E-state index in [9.17, 15) is 13.6 Å². The first-order valence-corrected chi connectivity index (χ1v) is 7.83. The van der Waals surface area contributed by atoms with Crippen molar-refractivity contribution in [3.8, 4) is 5.75 Å². The molecule has 1 amide bonds. The number of alkyl halides is 2. The molecule has 8 heteroatoms. The Morgan fingerprint density at radius 3 is 2.92 bits per heavy atom. The van der Waals surface area contributed by atoms with E-state index in [0.717, 1.165) is 6.42 Å². The topological polar surface area (TPSA) is 80.5 Å². The number of primary amides is 1. The molecule has 0 aliphatic carbocycles. The zero-order valence-electron chi connectivity index (χ0n) is 13.4. The van der Waals surface area contributed by atoms with E-state index in [1.807, 2.05) is 4.90 Å². The van der Waals surface area contributed by atoms with Crippen molar-refractivity contribution in [2.75, 3.05) is 23.3 Å². The maximum absolute atomic E-state index is 12.6. The minimum atomic E-state index is -2.87. The second kappa shape index (κ2) is 7.33. The third-order valence-electron chi connectivity index (χ3n) is 4.06. The van der Waals surface area contributed by atoms with Gasteiger partial charge in [0.2, 0.25) is 0 Å². The number of pyridine rings is 1. The molecule has 2 aromatic rings. The van der Waals surface area contributed by atoms with Crippen LogP contribution in [0.1, 0.15) is 16.8 Å². The molecule has 0 radical (unpaired) electrons. The number of para-hydroxylation sites is 2. The standard InChI is InChI=1S/C17H18F2N4O2/c18-17(19)25-15-4-2-1-3-14(15)23-8-6-11(10-23)22-13-5-7-21-9-12(13)16(20)24/h1-5,7,9,11,17H,6,8,10H2,(H2,20,24)(H,21,22)/t11-/m0/s1. The summed E-state index contributed by atoms with van der Waals surface area (Å²) < 4.78 is 29.7. The number of ether oxygens (including phenoxy) is 1. The molecule has 0 spiro atoms. The van der Waals surface area contributed by atoms with E-state index in [-0.39, 0.29) is 11.8 Å². The highest BCUT2D eigenvalue weighted by Crippen LogP contribution is 2.32. The third kappa shape index (κ3) is 3.96. The molecular weight excluding hydrogens is 330 g/mol. The molecule has 132 valence electrons. The van der Waals surface area contributed by atoms with Gasteiger partial charge in [-0.15, -0.1) is 0 Å². The Hall–Kier alpha value is -2.90. The van der Waals surface area contributed by atoms with E-state index >= 15 is 0 Å². The molecule has 1 aliphatic rings. The Morgan fingerprint density at radius 1 is 1.36 bits per heavy atom. The summed E-state index contributed by atoms with van der Waals surface area (Å²) in [6, 6.07) is 8.44. The van der Waals surface area contributed by atoms with Gasteiger partial charge in [0, 0.05) is 31.5 Å². The number of nitrogens with one attached hydrogen (secondary N) is 1. The Labute approximate surface area is 143 Å². The lowest BCUT2D eigenvalue weighted by molar-refractivity contribution is -0.0495. The molecule has 0 bridgehead atoms. The van der Waals surface area contributed by atoms with Crippen molar-refractivity contribution >= 4 is 17.3 Å². The minimum absolute atomic E-state index is 0.0418. The van der Waals surface area contributed by atoms with Crippen LogP contribution in [0, 0.1) is 0 Å². The van der Waals surface area contributed by atoms with Crippen LogP contribution in [0.15, 0.2) is 42.7 Å². The predicted octanol–water partition coefficient (Wildman–Crippen LogP) is 2.47. The van der Waals surface area contributed by atoms with Gasteiger partial charge in [-0.2, -0.15) is 8.78 Å². The zero-order valence-corrected chi connectivity index (χ0v) is 13.4. The lowest BCUT2D eigenvalue weighted by Crippen LogP contribution is -2.27. The number of benzene rings is 1. The van der Waals surface area contributed by atoms with Gasteiger partial charge in [-0.05, 0) is 24.6 Å². The fraction of sp³-hybridized carbons (Fsp3) is 0.294. The summed E-state index contributed by atoms with van der Waals surface area (Å²) in [6.07, 6.45) is 3.78. The summed E-state index contributed by atoms with van der Waals surface area (Å²) in [5.41, 5.74) is 6.92. The van der Waals surface area contributed by atoms with Crippen LogP contribution in [0.2, 0.25) is 0 Å². The van der Waals surface area contributed by atoms with Crippen molar-refractivity contribution in [2.24, 2.45) is 5.73 Å². The maximum atomic E-state index is 12.6. The first-order valence-electron chi connectivity index (χ1n) is 7.83. The van der Waals surface area contributed by atoms with E-state index in [2.05, 4.69) is 15.0 Å². The number of carbonyl (C=O) groups is 1. The Bertz CT molecular complexity index is 757. The molecule has 0 unspecified atom stereocenters. The number of hydrogen-bond donors (Lipinski definition) is 2. The van der Waals surface area contributed by atoms with Gasteiger partial charge in [-0.25, -0.2) is 0 Å². The summed E-state index contributed by atoms with van der Waals surface area (Å²) in [5, 5.41) is 3.28. The second-order valence-electron chi connectivity index (χ2n) is 5.71. The van der Waals surface area contributed by atoms with Gasteiger partial charge < -0.3 is 20.7 Å². The molecule has 1 atom stereocenters. The number of nitrogens with zero attached hydrogens (tertiary/aromatic N) is 2. The van der Waals surface area contributed by atoms with Crippen LogP contribution in [0.4, 0.5) is 20.2 Å². The van der Waals surface area contributed by atoms with E-state index in [4.69, 9.17) is 5.73 Å². The number of hydrogen-bond acceptors (Lipinski definition) is 5. The maximum Gasteiger partial charge on any atom is 0.387 e. The largest absolute Gasteiger partial charge is 0.433 e. The molecule has 1 aromatic heterocycles. The molecule has 1 aromatic carbocycles. The lowest BCUT2D eigenvalue weighted by atomic mass is 10.2. The van der Waals surface area contributed by atoms with Gasteiger partial charge in [0.15, 0.2) is 0 Å². The fourth-order valence-electron chi connectivity index (χ4n) is 2.95. The zero-order chi connectivity index (χ0) is 17.8. The number of aromatic nitrogens is 1. The first-order chi connectivity index (χ1) is 12.0. The monoisotopic (exact) mass is 348 g/mol. The summed E-state index contributed by atoms with van der Waals surface area (Å²) in [4.78, 5) is 17.3. The quantitative estimate of drug-likeness (QED) is 0.838. The third-order valence-corrected chi connectivity index (χ3v) is 4.06. The normalized spacial score (nSPS) is 16.9.